The van der Waals surface area contributed by atoms with E-state index in [0.29, 0.717) is 0 Å². The molecule has 0 aliphatic carbocycles. The summed E-state index contributed by atoms with van der Waals surface area (Å²) in [5.74, 6) is 0.829. The molecule has 21 heavy (non-hydrogen) atoms. The van der Waals surface area contributed by atoms with Gasteiger partial charge in [0.15, 0.2) is 0 Å². The molecule has 2 aromatic rings. The summed E-state index contributed by atoms with van der Waals surface area (Å²) in [6, 6.07) is 13.8. The number of aryl methyl sites for hydroxylation is 1. The molecular formula is C17H20N2O2. The Labute approximate surface area is 125 Å². The second-order valence-electron chi connectivity index (χ2n) is 4.92. The zero-order chi connectivity index (χ0) is 15.2. The molecule has 0 saturated carbocycles. The van der Waals surface area contributed by atoms with Crippen molar-refractivity contribution in [1.82, 2.24) is 0 Å². The van der Waals surface area contributed by atoms with E-state index in [1.54, 1.807) is 7.11 Å². The first-order valence-corrected chi connectivity index (χ1v) is 6.83. The zero-order valence-electron chi connectivity index (χ0n) is 12.6. The normalized spacial score (nSPS) is 10.0. The van der Waals surface area contributed by atoms with Gasteiger partial charge in [-0.3, -0.25) is 4.79 Å². The first-order chi connectivity index (χ1) is 10.1. The maximum Gasteiger partial charge on any atom is 0.221 e. The average molecular weight is 284 g/mol. The summed E-state index contributed by atoms with van der Waals surface area (Å²) < 4.78 is 5.25. The first kappa shape index (κ1) is 14.9. The molecule has 2 N–H and O–H groups in total. The highest BCUT2D eigenvalue weighted by molar-refractivity contribution is 5.88. The Balaban J connectivity index is 1.96. The molecular weight excluding hydrogens is 264 g/mol. The molecule has 4 heteroatoms. The number of benzene rings is 2. The molecule has 0 atom stereocenters. The molecule has 1 amide bonds. The lowest BCUT2D eigenvalue weighted by Crippen LogP contribution is -2.06. The van der Waals surface area contributed by atoms with Gasteiger partial charge >= 0.3 is 0 Å². The van der Waals surface area contributed by atoms with Crippen LogP contribution in [0.25, 0.3) is 0 Å². The van der Waals surface area contributed by atoms with Crippen molar-refractivity contribution in [1.29, 1.82) is 0 Å². The molecule has 2 rings (SSSR count). The number of anilines is 2. The van der Waals surface area contributed by atoms with Gasteiger partial charge in [-0.15, -0.1) is 0 Å². The molecule has 0 aliphatic rings. The van der Waals surface area contributed by atoms with E-state index < -0.39 is 0 Å². The molecule has 0 aliphatic heterocycles. The number of methoxy groups -OCH3 is 1. The van der Waals surface area contributed by atoms with Gasteiger partial charge in [-0.1, -0.05) is 12.1 Å². The fraction of sp³-hybridized carbons (Fsp3) is 0.235. The first-order valence-electron chi connectivity index (χ1n) is 6.83. The minimum absolute atomic E-state index is 0.0606. The average Bonchev–Trinajstić information content (AvgIpc) is 2.46. The second-order valence-corrected chi connectivity index (χ2v) is 4.92. The third kappa shape index (κ3) is 4.24. The molecule has 0 saturated heterocycles. The number of nitrogens with one attached hydrogen (secondary N) is 2. The summed E-state index contributed by atoms with van der Waals surface area (Å²) in [5.41, 5.74) is 4.12. The van der Waals surface area contributed by atoms with Crippen LogP contribution in [0.4, 0.5) is 11.4 Å². The van der Waals surface area contributed by atoms with E-state index in [-0.39, 0.29) is 5.91 Å². The van der Waals surface area contributed by atoms with E-state index in [4.69, 9.17) is 4.74 Å². The second kappa shape index (κ2) is 6.79. The maximum absolute atomic E-state index is 11.0. The third-order valence-electron chi connectivity index (χ3n) is 3.17. The van der Waals surface area contributed by atoms with Crippen LogP contribution in [0.5, 0.6) is 5.75 Å². The lowest BCUT2D eigenvalue weighted by Gasteiger charge is -2.10. The highest BCUT2D eigenvalue weighted by atomic mass is 16.5. The van der Waals surface area contributed by atoms with Crippen LogP contribution < -0.4 is 15.4 Å². The topological polar surface area (TPSA) is 50.4 Å². The van der Waals surface area contributed by atoms with Crippen LogP contribution in [0.1, 0.15) is 18.1 Å². The van der Waals surface area contributed by atoms with Gasteiger partial charge in [-0.05, 0) is 48.4 Å². The quantitative estimate of drug-likeness (QED) is 0.882. The van der Waals surface area contributed by atoms with Gasteiger partial charge in [-0.25, -0.2) is 0 Å². The van der Waals surface area contributed by atoms with Crippen molar-refractivity contribution >= 4 is 17.3 Å². The summed E-state index contributed by atoms with van der Waals surface area (Å²) in [4.78, 5) is 11.0. The fourth-order valence-electron chi connectivity index (χ4n) is 2.10. The number of hydrogen-bond donors (Lipinski definition) is 2. The minimum atomic E-state index is -0.0606. The standard InChI is InChI=1S/C17H20N2O2/c1-12-10-16(8-9-17(12)21-3)18-11-14-4-6-15(7-5-14)19-13(2)20/h4-10,18H,11H2,1-3H3,(H,19,20). The van der Waals surface area contributed by atoms with Gasteiger partial charge in [0, 0.05) is 24.8 Å². The smallest absolute Gasteiger partial charge is 0.221 e. The van der Waals surface area contributed by atoms with Crippen molar-refractivity contribution < 1.29 is 9.53 Å². The van der Waals surface area contributed by atoms with E-state index in [2.05, 4.69) is 16.7 Å². The number of ether oxygens (including phenoxy) is 1. The van der Waals surface area contributed by atoms with Crippen LogP contribution in [-0.2, 0) is 11.3 Å². The molecule has 110 valence electrons. The summed E-state index contributed by atoms with van der Waals surface area (Å²) >= 11 is 0. The van der Waals surface area contributed by atoms with Gasteiger partial charge < -0.3 is 15.4 Å². The Morgan fingerprint density at radius 1 is 1.10 bits per heavy atom. The van der Waals surface area contributed by atoms with E-state index in [1.165, 1.54) is 6.92 Å². The highest BCUT2D eigenvalue weighted by Crippen LogP contribution is 2.22. The van der Waals surface area contributed by atoms with Gasteiger partial charge in [0.05, 0.1) is 7.11 Å². The lowest BCUT2D eigenvalue weighted by molar-refractivity contribution is -0.114. The Morgan fingerprint density at radius 3 is 2.33 bits per heavy atom. The van der Waals surface area contributed by atoms with Crippen molar-refractivity contribution in [2.75, 3.05) is 17.7 Å². The number of rotatable bonds is 5. The lowest BCUT2D eigenvalue weighted by atomic mass is 10.1. The van der Waals surface area contributed by atoms with Crippen LogP contribution in [0.3, 0.4) is 0 Å². The van der Waals surface area contributed by atoms with Gasteiger partial charge in [0.25, 0.3) is 0 Å². The number of carbonyl (C=O) groups is 1. The van der Waals surface area contributed by atoms with Crippen molar-refractivity contribution in [3.05, 3.63) is 53.6 Å². The van der Waals surface area contributed by atoms with Gasteiger partial charge in [0.2, 0.25) is 5.91 Å². The van der Waals surface area contributed by atoms with Crippen LogP contribution >= 0.6 is 0 Å². The molecule has 0 heterocycles. The molecule has 0 aromatic heterocycles. The molecule has 0 spiro atoms. The van der Waals surface area contributed by atoms with Crippen LogP contribution in [-0.4, -0.2) is 13.0 Å². The van der Waals surface area contributed by atoms with Gasteiger partial charge in [-0.2, -0.15) is 0 Å². The maximum atomic E-state index is 11.0. The Bertz CT molecular complexity index is 621. The predicted octanol–water partition coefficient (Wildman–Crippen LogP) is 3.57. The number of hydrogen-bond acceptors (Lipinski definition) is 3. The Hall–Kier alpha value is -2.49. The molecule has 0 radical (unpaired) electrons. The molecule has 2 aromatic carbocycles. The van der Waals surface area contributed by atoms with Gasteiger partial charge in [0.1, 0.15) is 5.75 Å². The van der Waals surface area contributed by atoms with E-state index in [1.807, 2.05) is 43.3 Å². The highest BCUT2D eigenvalue weighted by Gasteiger charge is 2.00. The van der Waals surface area contributed by atoms with Crippen molar-refractivity contribution in [2.24, 2.45) is 0 Å². The Morgan fingerprint density at radius 2 is 1.76 bits per heavy atom. The largest absolute Gasteiger partial charge is 0.496 e. The summed E-state index contributed by atoms with van der Waals surface area (Å²) in [6.07, 6.45) is 0. The molecule has 4 nitrogen and oxygen atoms in total. The minimum Gasteiger partial charge on any atom is -0.496 e. The van der Waals surface area contributed by atoms with Crippen molar-refractivity contribution in [3.8, 4) is 5.75 Å². The van der Waals surface area contributed by atoms with Crippen LogP contribution in [0.15, 0.2) is 42.5 Å². The fourth-order valence-corrected chi connectivity index (χ4v) is 2.10. The number of carbonyl (C=O) groups excluding carboxylic acids is 1. The van der Waals surface area contributed by atoms with E-state index in [9.17, 15) is 4.79 Å². The molecule has 0 bridgehead atoms. The summed E-state index contributed by atoms with van der Waals surface area (Å²) in [5, 5.41) is 6.12. The van der Waals surface area contributed by atoms with Crippen molar-refractivity contribution in [3.63, 3.8) is 0 Å². The summed E-state index contributed by atoms with van der Waals surface area (Å²) in [7, 11) is 1.67. The zero-order valence-corrected chi connectivity index (χ0v) is 12.6. The molecule has 0 unspecified atom stereocenters. The van der Waals surface area contributed by atoms with E-state index >= 15 is 0 Å². The predicted molar refractivity (Wildman–Crippen MR) is 85.8 cm³/mol. The SMILES string of the molecule is COc1ccc(NCc2ccc(NC(C)=O)cc2)cc1C. The molecule has 0 fully saturated rings. The monoisotopic (exact) mass is 284 g/mol. The van der Waals surface area contributed by atoms with E-state index in [0.717, 1.165) is 34.8 Å². The number of amides is 1. The van der Waals surface area contributed by atoms with Crippen LogP contribution in [0, 0.1) is 6.92 Å². The summed E-state index contributed by atoms with van der Waals surface area (Å²) in [6.45, 7) is 4.25. The third-order valence-corrected chi connectivity index (χ3v) is 3.17. The Kier molecular flexibility index (Phi) is 4.82. The van der Waals surface area contributed by atoms with Crippen molar-refractivity contribution in [2.45, 2.75) is 20.4 Å². The van der Waals surface area contributed by atoms with Crippen LogP contribution in [0.2, 0.25) is 0 Å².